The van der Waals surface area contributed by atoms with Gasteiger partial charge in [0.05, 0.1) is 37.4 Å². The summed E-state index contributed by atoms with van der Waals surface area (Å²) in [7, 11) is -3.65. The second kappa shape index (κ2) is 13.2. The molecule has 0 spiro atoms. The van der Waals surface area contributed by atoms with Gasteiger partial charge in [-0.25, -0.2) is 13.1 Å². The Labute approximate surface area is 219 Å². The molecule has 198 valence electrons. The van der Waals surface area contributed by atoms with Gasteiger partial charge in [0, 0.05) is 18.1 Å². The predicted octanol–water partition coefficient (Wildman–Crippen LogP) is 3.14. The van der Waals surface area contributed by atoms with Gasteiger partial charge >= 0.3 is 0 Å². The Morgan fingerprint density at radius 3 is 2.42 bits per heavy atom. The van der Waals surface area contributed by atoms with Gasteiger partial charge in [0.2, 0.25) is 10.0 Å². The number of hydrogen-bond donors (Lipinski definition) is 2. The molecule has 1 fully saturated rings. The van der Waals surface area contributed by atoms with E-state index in [0.717, 1.165) is 25.1 Å². The van der Waals surface area contributed by atoms with Crippen LogP contribution in [0.3, 0.4) is 0 Å². The van der Waals surface area contributed by atoms with Crippen molar-refractivity contribution in [3.05, 3.63) is 58.6 Å². The van der Waals surface area contributed by atoms with E-state index in [1.165, 1.54) is 24.8 Å². The van der Waals surface area contributed by atoms with Crippen LogP contribution in [0.1, 0.15) is 36.5 Å². The van der Waals surface area contributed by atoms with Gasteiger partial charge in [0.25, 0.3) is 0 Å². The van der Waals surface area contributed by atoms with Crippen molar-refractivity contribution < 1.29 is 22.6 Å². The van der Waals surface area contributed by atoms with Crippen LogP contribution in [0.25, 0.3) is 0 Å². The van der Waals surface area contributed by atoms with Gasteiger partial charge in [-0.3, -0.25) is 4.90 Å². The van der Waals surface area contributed by atoms with Gasteiger partial charge in [-0.1, -0.05) is 24.1 Å². The fourth-order valence-electron chi connectivity index (χ4n) is 4.85. The Hall–Kier alpha value is -1.72. The minimum absolute atomic E-state index is 0.150. The fourth-order valence-corrected chi connectivity index (χ4v) is 6.04. The van der Waals surface area contributed by atoms with Crippen molar-refractivity contribution in [1.29, 1.82) is 0 Å². The molecule has 0 bridgehead atoms. The zero-order chi connectivity index (χ0) is 25.4. The molecule has 0 unspecified atom stereocenters. The summed E-state index contributed by atoms with van der Waals surface area (Å²) in [6.45, 7) is 4.34. The summed E-state index contributed by atoms with van der Waals surface area (Å²) < 4.78 is 45.0. The van der Waals surface area contributed by atoms with Gasteiger partial charge in [-0.05, 0) is 79.9 Å². The lowest BCUT2D eigenvalue weighted by molar-refractivity contribution is 0.0530. The predicted molar refractivity (Wildman–Crippen MR) is 140 cm³/mol. The van der Waals surface area contributed by atoms with Crippen LogP contribution in [0.4, 0.5) is 0 Å². The van der Waals surface area contributed by atoms with Crippen LogP contribution < -0.4 is 15.2 Å². The average Bonchev–Trinajstić information content (AvgIpc) is 3.24. The van der Waals surface area contributed by atoms with Crippen molar-refractivity contribution in [1.82, 2.24) is 9.62 Å². The highest BCUT2D eigenvalue weighted by Gasteiger charge is 2.38. The number of sulfonamides is 1. The molecule has 36 heavy (non-hydrogen) atoms. The Morgan fingerprint density at radius 1 is 0.972 bits per heavy atom. The average molecular weight is 538 g/mol. The summed E-state index contributed by atoms with van der Waals surface area (Å²) >= 11 is 6.32. The standard InChI is InChI=1S/C26H36ClN3O5S/c27-21-5-4-20-18-25(30-12-2-1-3-13-30)26(24(20)19-21)35-22-6-8-23(9-7-22)36(31,32)29-11-15-34-17-16-33-14-10-28/h4-9,19,25-26,29H,1-3,10-18,28H2/t25-,26-/m0/s1. The molecule has 2 atom stereocenters. The molecule has 10 heteroatoms. The lowest BCUT2D eigenvalue weighted by Gasteiger charge is -2.35. The highest BCUT2D eigenvalue weighted by molar-refractivity contribution is 7.89. The van der Waals surface area contributed by atoms with Crippen molar-refractivity contribution in [2.45, 2.75) is 42.7 Å². The van der Waals surface area contributed by atoms with Crippen LogP contribution in [0, 0.1) is 0 Å². The van der Waals surface area contributed by atoms with Gasteiger partial charge in [0.1, 0.15) is 11.9 Å². The summed E-state index contributed by atoms with van der Waals surface area (Å²) in [5.41, 5.74) is 7.72. The van der Waals surface area contributed by atoms with E-state index in [0.29, 0.717) is 37.1 Å². The quantitative estimate of drug-likeness (QED) is 0.378. The topological polar surface area (TPSA) is 103 Å². The monoisotopic (exact) mass is 537 g/mol. The van der Waals surface area contributed by atoms with E-state index in [-0.39, 0.29) is 30.2 Å². The lowest BCUT2D eigenvalue weighted by atomic mass is 10.0. The maximum Gasteiger partial charge on any atom is 0.240 e. The molecule has 2 aliphatic rings. The lowest BCUT2D eigenvalue weighted by Crippen LogP contribution is -2.43. The molecule has 8 nitrogen and oxygen atoms in total. The second-order valence-corrected chi connectivity index (χ2v) is 11.3. The molecule has 0 saturated carbocycles. The zero-order valence-electron chi connectivity index (χ0n) is 20.5. The second-order valence-electron chi connectivity index (χ2n) is 9.13. The number of nitrogens with one attached hydrogen (secondary N) is 1. The van der Waals surface area contributed by atoms with E-state index in [9.17, 15) is 8.42 Å². The number of nitrogens with zero attached hydrogens (tertiary/aromatic N) is 1. The third kappa shape index (κ3) is 7.19. The fraction of sp³-hybridized carbons (Fsp3) is 0.538. The molecular formula is C26H36ClN3O5S. The first kappa shape index (κ1) is 27.3. The summed E-state index contributed by atoms with van der Waals surface area (Å²) in [5, 5.41) is 0.696. The maximum atomic E-state index is 12.7. The number of nitrogens with two attached hydrogens (primary N) is 1. The maximum absolute atomic E-state index is 12.7. The van der Waals surface area contributed by atoms with Crippen LogP contribution >= 0.6 is 11.6 Å². The highest BCUT2D eigenvalue weighted by atomic mass is 35.5. The highest BCUT2D eigenvalue weighted by Crippen LogP contribution is 2.40. The number of rotatable bonds is 13. The number of benzene rings is 2. The summed E-state index contributed by atoms with van der Waals surface area (Å²) in [6.07, 6.45) is 4.45. The number of ether oxygens (including phenoxy) is 3. The van der Waals surface area contributed by atoms with Crippen LogP contribution in [-0.2, 0) is 25.9 Å². The third-order valence-corrected chi connectivity index (χ3v) is 8.33. The largest absolute Gasteiger partial charge is 0.484 e. The van der Waals surface area contributed by atoms with E-state index in [1.54, 1.807) is 24.3 Å². The number of halogens is 1. The van der Waals surface area contributed by atoms with Gasteiger partial charge in [0.15, 0.2) is 0 Å². The molecule has 1 heterocycles. The van der Waals surface area contributed by atoms with Gasteiger partial charge in [-0.15, -0.1) is 0 Å². The van der Waals surface area contributed by atoms with Crippen molar-refractivity contribution in [2.24, 2.45) is 5.73 Å². The molecular weight excluding hydrogens is 502 g/mol. The van der Waals surface area contributed by atoms with E-state index < -0.39 is 10.0 Å². The van der Waals surface area contributed by atoms with E-state index in [4.69, 9.17) is 31.5 Å². The molecule has 1 aliphatic carbocycles. The molecule has 2 aromatic rings. The first-order valence-electron chi connectivity index (χ1n) is 12.6. The summed E-state index contributed by atoms with van der Waals surface area (Å²) in [6, 6.07) is 12.8. The van der Waals surface area contributed by atoms with E-state index in [2.05, 4.69) is 15.7 Å². The summed E-state index contributed by atoms with van der Waals surface area (Å²) in [4.78, 5) is 2.71. The molecule has 0 amide bonds. The number of piperidine rings is 1. The van der Waals surface area contributed by atoms with E-state index >= 15 is 0 Å². The molecule has 3 N–H and O–H groups in total. The number of hydrogen-bond acceptors (Lipinski definition) is 7. The Kier molecular flexibility index (Phi) is 10.0. The SMILES string of the molecule is NCCOCCOCCNS(=O)(=O)c1ccc(O[C@H]2c3cc(Cl)ccc3C[C@@H]2N2CCCCC2)cc1. The van der Waals surface area contributed by atoms with Crippen molar-refractivity contribution in [2.75, 3.05) is 52.6 Å². The van der Waals surface area contributed by atoms with Crippen LogP contribution in [0.5, 0.6) is 5.75 Å². The zero-order valence-corrected chi connectivity index (χ0v) is 22.1. The van der Waals surface area contributed by atoms with Gasteiger partial charge in [-0.2, -0.15) is 0 Å². The number of fused-ring (bicyclic) bond motifs is 1. The normalized spacial score (nSPS) is 20.4. The van der Waals surface area contributed by atoms with Crippen molar-refractivity contribution in [3.8, 4) is 5.75 Å². The first-order valence-corrected chi connectivity index (χ1v) is 14.5. The molecule has 4 rings (SSSR count). The van der Waals surface area contributed by atoms with Crippen LogP contribution in [-0.4, -0.2) is 72.0 Å². The molecule has 2 aromatic carbocycles. The Morgan fingerprint density at radius 2 is 1.69 bits per heavy atom. The Bertz CT molecular complexity index is 1080. The van der Waals surface area contributed by atoms with Gasteiger partial charge < -0.3 is 19.9 Å². The van der Waals surface area contributed by atoms with Crippen molar-refractivity contribution in [3.63, 3.8) is 0 Å². The van der Waals surface area contributed by atoms with Crippen molar-refractivity contribution >= 4 is 21.6 Å². The first-order chi connectivity index (χ1) is 17.5. The van der Waals surface area contributed by atoms with Crippen LogP contribution in [0.15, 0.2) is 47.4 Å². The molecule has 1 aliphatic heterocycles. The molecule has 0 radical (unpaired) electrons. The number of likely N-dealkylation sites (tertiary alicyclic amines) is 1. The smallest absolute Gasteiger partial charge is 0.240 e. The Balaban J connectivity index is 1.36. The minimum atomic E-state index is -3.65. The van der Waals surface area contributed by atoms with Crippen LogP contribution in [0.2, 0.25) is 5.02 Å². The summed E-state index contributed by atoms with van der Waals surface area (Å²) in [5.74, 6) is 0.634. The molecule has 1 saturated heterocycles. The molecule has 0 aromatic heterocycles. The van der Waals surface area contributed by atoms with E-state index in [1.807, 2.05) is 12.1 Å². The minimum Gasteiger partial charge on any atom is -0.484 e. The third-order valence-electron chi connectivity index (χ3n) is 6.62.